The molecule has 1 unspecified atom stereocenters. The summed E-state index contributed by atoms with van der Waals surface area (Å²) in [5, 5.41) is 13.2. The number of rotatable bonds is 2. The molecule has 0 radical (unpaired) electrons. The number of primary amides is 1. The molecule has 1 aliphatic heterocycles. The van der Waals surface area contributed by atoms with Crippen LogP contribution in [0.1, 0.15) is 6.42 Å². The van der Waals surface area contributed by atoms with E-state index in [2.05, 4.69) is 20.6 Å². The van der Waals surface area contributed by atoms with E-state index in [9.17, 15) is 4.79 Å². The van der Waals surface area contributed by atoms with Crippen molar-refractivity contribution < 1.29 is 4.79 Å². The molecule has 64 valence electrons. The largest absolute Gasteiger partial charge is 0.368 e. The van der Waals surface area contributed by atoms with Crippen molar-refractivity contribution in [1.29, 1.82) is 0 Å². The number of nitrogens with zero attached hydrogens (tertiary/aromatic N) is 4. The van der Waals surface area contributed by atoms with Crippen LogP contribution in [0.2, 0.25) is 0 Å². The van der Waals surface area contributed by atoms with Crippen LogP contribution in [0.3, 0.4) is 0 Å². The van der Waals surface area contributed by atoms with Crippen molar-refractivity contribution in [1.82, 2.24) is 20.6 Å². The van der Waals surface area contributed by atoms with Gasteiger partial charge in [0.1, 0.15) is 6.04 Å². The summed E-state index contributed by atoms with van der Waals surface area (Å²) in [7, 11) is 0. The number of amides is 1. The number of carbonyl (C=O) groups is 1. The fraction of sp³-hybridized carbons (Fsp3) is 0.600. The van der Waals surface area contributed by atoms with E-state index in [-0.39, 0.29) is 11.9 Å². The average Bonchev–Trinajstić information content (AvgIpc) is 2.35. The summed E-state index contributed by atoms with van der Waals surface area (Å²) in [5.41, 5.74) is 5.13. The van der Waals surface area contributed by atoms with Crippen molar-refractivity contribution in [3.05, 3.63) is 0 Å². The number of H-pyrrole nitrogens is 1. The summed E-state index contributed by atoms with van der Waals surface area (Å²) in [4.78, 5) is 12.5. The van der Waals surface area contributed by atoms with Crippen LogP contribution in [0, 0.1) is 0 Å². The van der Waals surface area contributed by atoms with E-state index in [0.717, 1.165) is 13.0 Å². The lowest BCUT2D eigenvalue weighted by Crippen LogP contribution is -2.55. The maximum absolute atomic E-state index is 10.8. The highest BCUT2D eigenvalue weighted by Crippen LogP contribution is 2.20. The predicted molar refractivity (Wildman–Crippen MR) is 39.1 cm³/mol. The van der Waals surface area contributed by atoms with Crippen LogP contribution in [0.25, 0.3) is 0 Å². The normalized spacial score (nSPS) is 22.0. The van der Waals surface area contributed by atoms with Crippen molar-refractivity contribution >= 4 is 11.9 Å². The Morgan fingerprint density at radius 2 is 2.58 bits per heavy atom. The van der Waals surface area contributed by atoms with E-state index < -0.39 is 0 Å². The van der Waals surface area contributed by atoms with Crippen LogP contribution in [0.5, 0.6) is 0 Å². The third-order valence-electron chi connectivity index (χ3n) is 1.94. The summed E-state index contributed by atoms with van der Waals surface area (Å²) in [6, 6.07) is -0.261. The van der Waals surface area contributed by atoms with Crippen LogP contribution < -0.4 is 10.6 Å². The van der Waals surface area contributed by atoms with E-state index in [4.69, 9.17) is 5.73 Å². The molecule has 1 atom stereocenters. The van der Waals surface area contributed by atoms with Crippen LogP contribution >= 0.6 is 0 Å². The Morgan fingerprint density at radius 1 is 1.75 bits per heavy atom. The van der Waals surface area contributed by atoms with Gasteiger partial charge in [0.2, 0.25) is 5.91 Å². The number of tetrazole rings is 1. The number of hydrogen-bond donors (Lipinski definition) is 2. The summed E-state index contributed by atoms with van der Waals surface area (Å²) < 4.78 is 0. The van der Waals surface area contributed by atoms with E-state index in [1.165, 1.54) is 0 Å². The maximum Gasteiger partial charge on any atom is 0.266 e. The second kappa shape index (κ2) is 2.43. The Kier molecular flexibility index (Phi) is 1.42. The zero-order valence-electron chi connectivity index (χ0n) is 6.27. The second-order valence-corrected chi connectivity index (χ2v) is 2.61. The van der Waals surface area contributed by atoms with Crippen LogP contribution in [-0.4, -0.2) is 39.1 Å². The molecule has 0 bridgehead atoms. The highest BCUT2D eigenvalue weighted by atomic mass is 16.1. The first-order valence-electron chi connectivity index (χ1n) is 3.58. The molecule has 1 aromatic heterocycles. The monoisotopic (exact) mass is 168 g/mol. The van der Waals surface area contributed by atoms with Crippen LogP contribution in [-0.2, 0) is 4.79 Å². The quantitative estimate of drug-likeness (QED) is 0.546. The minimum Gasteiger partial charge on any atom is -0.368 e. The third kappa shape index (κ3) is 0.900. The van der Waals surface area contributed by atoms with Crippen LogP contribution in [0.15, 0.2) is 0 Å². The molecule has 7 nitrogen and oxygen atoms in total. The molecule has 2 rings (SSSR count). The molecule has 0 saturated carbocycles. The minimum atomic E-state index is -0.342. The molecule has 0 aliphatic carbocycles. The Balaban J connectivity index is 2.12. The van der Waals surface area contributed by atoms with Crippen molar-refractivity contribution in [3.8, 4) is 0 Å². The van der Waals surface area contributed by atoms with Crippen molar-refractivity contribution in [3.63, 3.8) is 0 Å². The van der Waals surface area contributed by atoms with Gasteiger partial charge in [-0.3, -0.25) is 4.79 Å². The summed E-state index contributed by atoms with van der Waals surface area (Å²) in [5.74, 6) is 0.0936. The average molecular weight is 168 g/mol. The molecule has 2 heterocycles. The van der Waals surface area contributed by atoms with Gasteiger partial charge in [-0.15, -0.1) is 5.10 Å². The highest BCUT2D eigenvalue weighted by Gasteiger charge is 2.34. The molecule has 1 amide bonds. The molecular formula is C5H8N6O. The molecule has 12 heavy (non-hydrogen) atoms. The smallest absolute Gasteiger partial charge is 0.266 e. The number of aromatic amines is 1. The molecule has 0 aromatic carbocycles. The molecule has 1 saturated heterocycles. The van der Waals surface area contributed by atoms with Gasteiger partial charge in [0, 0.05) is 6.54 Å². The predicted octanol–water partition coefficient (Wildman–Crippen LogP) is -1.74. The van der Waals surface area contributed by atoms with E-state index in [1.807, 2.05) is 0 Å². The van der Waals surface area contributed by atoms with Gasteiger partial charge in [-0.25, -0.2) is 0 Å². The van der Waals surface area contributed by atoms with Crippen LogP contribution in [0.4, 0.5) is 5.95 Å². The Labute approximate surface area is 67.9 Å². The molecule has 1 aromatic rings. The molecule has 1 aliphatic rings. The summed E-state index contributed by atoms with van der Waals surface area (Å²) in [6.07, 6.45) is 0.768. The van der Waals surface area contributed by atoms with Gasteiger partial charge < -0.3 is 10.6 Å². The Bertz CT molecular complexity index is 282. The topological polar surface area (TPSA) is 101 Å². The van der Waals surface area contributed by atoms with E-state index in [1.54, 1.807) is 4.90 Å². The third-order valence-corrected chi connectivity index (χ3v) is 1.94. The zero-order chi connectivity index (χ0) is 8.55. The van der Waals surface area contributed by atoms with Gasteiger partial charge in [0.15, 0.2) is 0 Å². The number of anilines is 1. The van der Waals surface area contributed by atoms with Gasteiger partial charge in [-0.1, -0.05) is 5.10 Å². The molecular weight excluding hydrogens is 160 g/mol. The lowest BCUT2D eigenvalue weighted by Gasteiger charge is -2.37. The molecule has 1 fully saturated rings. The fourth-order valence-electron chi connectivity index (χ4n) is 1.20. The van der Waals surface area contributed by atoms with Gasteiger partial charge in [0.25, 0.3) is 5.95 Å². The molecule has 0 spiro atoms. The lowest BCUT2D eigenvalue weighted by molar-refractivity contribution is -0.120. The Morgan fingerprint density at radius 3 is 3.00 bits per heavy atom. The van der Waals surface area contributed by atoms with Gasteiger partial charge in [-0.2, -0.15) is 5.21 Å². The molecule has 7 heteroatoms. The number of nitrogens with two attached hydrogens (primary N) is 1. The summed E-state index contributed by atoms with van der Waals surface area (Å²) in [6.45, 7) is 0.757. The maximum atomic E-state index is 10.8. The first-order valence-corrected chi connectivity index (χ1v) is 3.58. The number of carbonyl (C=O) groups excluding carboxylic acids is 1. The number of hydrogen-bond acceptors (Lipinski definition) is 5. The first kappa shape index (κ1) is 7.01. The van der Waals surface area contributed by atoms with Crippen molar-refractivity contribution in [2.45, 2.75) is 12.5 Å². The van der Waals surface area contributed by atoms with Gasteiger partial charge in [0.05, 0.1) is 0 Å². The highest BCUT2D eigenvalue weighted by molar-refractivity contribution is 5.84. The number of aromatic nitrogens is 4. The van der Waals surface area contributed by atoms with Gasteiger partial charge in [-0.05, 0) is 11.6 Å². The van der Waals surface area contributed by atoms with Gasteiger partial charge >= 0.3 is 0 Å². The lowest BCUT2D eigenvalue weighted by atomic mass is 10.0. The summed E-state index contributed by atoms with van der Waals surface area (Å²) >= 11 is 0. The number of nitrogens with one attached hydrogen (secondary N) is 1. The Hall–Kier alpha value is -1.66. The standard InChI is InChI=1S/C5H8N6O/c6-4(12)3-1-2-11(3)5-7-9-10-8-5/h3H,1-2H2,(H2,6,12)(H,7,8,9,10). The minimum absolute atomic E-state index is 0.261. The second-order valence-electron chi connectivity index (χ2n) is 2.61. The van der Waals surface area contributed by atoms with E-state index in [0.29, 0.717) is 5.95 Å². The molecule has 3 N–H and O–H groups in total. The SMILES string of the molecule is NC(=O)C1CCN1c1nn[nH]n1. The fourth-order valence-corrected chi connectivity index (χ4v) is 1.20. The van der Waals surface area contributed by atoms with Crippen molar-refractivity contribution in [2.75, 3.05) is 11.4 Å². The van der Waals surface area contributed by atoms with Crippen molar-refractivity contribution in [2.24, 2.45) is 5.73 Å². The van der Waals surface area contributed by atoms with E-state index >= 15 is 0 Å². The first-order chi connectivity index (χ1) is 5.79. The zero-order valence-corrected chi connectivity index (χ0v) is 6.27.